The first-order valence-electron chi connectivity index (χ1n) is 8.15. The number of carbonyl (C=O) groups excluding carboxylic acids is 1. The van der Waals surface area contributed by atoms with Crippen LogP contribution in [0.5, 0.6) is 0 Å². The molecule has 2 N–H and O–H groups in total. The molecule has 0 aliphatic heterocycles. The van der Waals surface area contributed by atoms with E-state index in [9.17, 15) is 17.6 Å². The van der Waals surface area contributed by atoms with Crippen LogP contribution in [0.1, 0.15) is 30.1 Å². The summed E-state index contributed by atoms with van der Waals surface area (Å²) in [6, 6.07) is 9.38. The number of rotatable bonds is 6. The summed E-state index contributed by atoms with van der Waals surface area (Å²) in [6.07, 6.45) is 2.27. The summed E-state index contributed by atoms with van der Waals surface area (Å²) < 4.78 is 40.2. The van der Waals surface area contributed by atoms with E-state index in [2.05, 4.69) is 10.0 Å². The smallest absolute Gasteiger partial charge is 0.261 e. The Morgan fingerprint density at radius 2 is 1.85 bits per heavy atom. The number of amides is 1. The molecule has 1 fully saturated rings. The molecule has 2 aromatic carbocycles. The van der Waals surface area contributed by atoms with Crippen LogP contribution in [0.25, 0.3) is 0 Å². The summed E-state index contributed by atoms with van der Waals surface area (Å²) >= 11 is 5.63. The van der Waals surface area contributed by atoms with Crippen molar-refractivity contribution in [1.82, 2.24) is 5.32 Å². The highest BCUT2D eigenvalue weighted by molar-refractivity contribution is 7.92. The highest BCUT2D eigenvalue weighted by atomic mass is 35.5. The zero-order chi connectivity index (χ0) is 18.9. The fourth-order valence-corrected chi connectivity index (χ4v) is 3.88. The molecule has 0 aromatic heterocycles. The lowest BCUT2D eigenvalue weighted by Gasteiger charge is -2.13. The number of halogens is 2. The molecular weight excluding hydrogens is 379 g/mol. The zero-order valence-corrected chi connectivity index (χ0v) is 15.6. The molecule has 1 saturated carbocycles. The van der Waals surface area contributed by atoms with E-state index < -0.39 is 15.8 Å². The Balaban J connectivity index is 1.69. The van der Waals surface area contributed by atoms with E-state index in [-0.39, 0.29) is 27.6 Å². The highest BCUT2D eigenvalue weighted by Crippen LogP contribution is 2.32. The Hall–Kier alpha value is -2.12. The van der Waals surface area contributed by atoms with Crippen molar-refractivity contribution in [3.05, 3.63) is 58.9 Å². The lowest BCUT2D eigenvalue weighted by atomic mass is 10.1. The van der Waals surface area contributed by atoms with Crippen LogP contribution in [0.4, 0.5) is 10.1 Å². The predicted molar refractivity (Wildman–Crippen MR) is 98.3 cm³/mol. The second kappa shape index (κ2) is 7.25. The minimum atomic E-state index is -3.91. The predicted octanol–water partition coefficient (Wildman–Crippen LogP) is 3.81. The van der Waals surface area contributed by atoms with Crippen LogP contribution in [0.2, 0.25) is 5.02 Å². The third kappa shape index (κ3) is 4.34. The minimum absolute atomic E-state index is 0.129. The maximum Gasteiger partial charge on any atom is 0.261 e. The molecule has 0 bridgehead atoms. The molecule has 1 amide bonds. The van der Waals surface area contributed by atoms with Gasteiger partial charge in [-0.2, -0.15) is 0 Å². The van der Waals surface area contributed by atoms with E-state index in [1.54, 1.807) is 12.1 Å². The summed E-state index contributed by atoms with van der Waals surface area (Å²) in [7, 11) is -3.91. The molecule has 1 unspecified atom stereocenters. The van der Waals surface area contributed by atoms with Crippen molar-refractivity contribution in [2.45, 2.75) is 30.7 Å². The average molecular weight is 397 g/mol. The lowest BCUT2D eigenvalue weighted by Crippen LogP contribution is -2.33. The number of sulfonamides is 1. The van der Waals surface area contributed by atoms with E-state index >= 15 is 0 Å². The number of anilines is 1. The minimum Gasteiger partial charge on any atom is -0.349 e. The Bertz CT molecular complexity index is 928. The number of hydrogen-bond donors (Lipinski definition) is 2. The van der Waals surface area contributed by atoms with Gasteiger partial charge in [0, 0.05) is 17.3 Å². The summed E-state index contributed by atoms with van der Waals surface area (Å²) in [6.45, 7) is 1.98. The van der Waals surface area contributed by atoms with Crippen molar-refractivity contribution >= 4 is 33.2 Å². The molecule has 26 heavy (non-hydrogen) atoms. The summed E-state index contributed by atoms with van der Waals surface area (Å²) in [5, 5.41) is 2.66. The molecule has 1 aliphatic rings. The SMILES string of the molecule is CC(NC(=O)c1ccc(NS(=O)(=O)c2ccc(F)c(Cl)c2)cc1)C1CC1. The third-order valence-corrected chi connectivity index (χ3v) is 5.96. The molecule has 0 heterocycles. The topological polar surface area (TPSA) is 75.3 Å². The fourth-order valence-electron chi connectivity index (χ4n) is 2.55. The Kier molecular flexibility index (Phi) is 5.20. The molecule has 0 radical (unpaired) electrons. The number of nitrogens with one attached hydrogen (secondary N) is 2. The first-order valence-corrected chi connectivity index (χ1v) is 10.0. The number of hydrogen-bond acceptors (Lipinski definition) is 3. The van der Waals surface area contributed by atoms with E-state index in [1.165, 1.54) is 12.1 Å². The molecule has 2 aromatic rings. The van der Waals surface area contributed by atoms with Gasteiger partial charge in [-0.05, 0) is 68.1 Å². The molecule has 1 atom stereocenters. The molecule has 0 saturated heterocycles. The van der Waals surface area contributed by atoms with Crippen molar-refractivity contribution in [3.63, 3.8) is 0 Å². The van der Waals surface area contributed by atoms with Gasteiger partial charge >= 0.3 is 0 Å². The van der Waals surface area contributed by atoms with Crippen LogP contribution >= 0.6 is 11.6 Å². The standard InChI is InChI=1S/C18H18ClFN2O3S/c1-11(12-2-3-12)21-18(23)13-4-6-14(7-5-13)22-26(24,25)15-8-9-17(20)16(19)10-15/h4-12,22H,2-3H2,1H3,(H,21,23). The molecule has 5 nitrogen and oxygen atoms in total. The number of carbonyl (C=O) groups is 1. The molecule has 3 rings (SSSR count). The quantitative estimate of drug-likeness (QED) is 0.779. The molecule has 0 spiro atoms. The Labute approximate surface area is 156 Å². The van der Waals surface area contributed by atoms with Crippen molar-refractivity contribution < 1.29 is 17.6 Å². The second-order valence-corrected chi connectivity index (χ2v) is 8.45. The maximum atomic E-state index is 13.2. The zero-order valence-electron chi connectivity index (χ0n) is 14.0. The molecular formula is C18H18ClFN2O3S. The van der Waals surface area contributed by atoms with Crippen molar-refractivity contribution in [2.75, 3.05) is 4.72 Å². The molecule has 138 valence electrons. The van der Waals surface area contributed by atoms with Gasteiger partial charge in [0.15, 0.2) is 0 Å². The van der Waals surface area contributed by atoms with Gasteiger partial charge in [0.25, 0.3) is 15.9 Å². The average Bonchev–Trinajstić information content (AvgIpc) is 3.42. The Morgan fingerprint density at radius 3 is 2.42 bits per heavy atom. The van der Waals surface area contributed by atoms with Crippen molar-refractivity contribution in [3.8, 4) is 0 Å². The first-order chi connectivity index (χ1) is 12.3. The van der Waals surface area contributed by atoms with E-state index in [0.717, 1.165) is 31.0 Å². The summed E-state index contributed by atoms with van der Waals surface area (Å²) in [5.41, 5.74) is 0.738. The molecule has 8 heteroatoms. The van der Waals surface area contributed by atoms with Crippen LogP contribution in [-0.2, 0) is 10.0 Å². The van der Waals surface area contributed by atoms with Crippen LogP contribution < -0.4 is 10.0 Å². The van der Waals surface area contributed by atoms with Crippen LogP contribution in [0, 0.1) is 11.7 Å². The monoisotopic (exact) mass is 396 g/mol. The third-order valence-electron chi connectivity index (χ3n) is 4.29. The van der Waals surface area contributed by atoms with Gasteiger partial charge < -0.3 is 5.32 Å². The number of benzene rings is 2. The van der Waals surface area contributed by atoms with E-state index in [1.807, 2.05) is 6.92 Å². The van der Waals surface area contributed by atoms with Crippen LogP contribution in [0.3, 0.4) is 0 Å². The summed E-state index contributed by atoms with van der Waals surface area (Å²) in [4.78, 5) is 12.0. The normalized spacial score (nSPS) is 15.3. The largest absolute Gasteiger partial charge is 0.349 e. The molecule has 1 aliphatic carbocycles. The second-order valence-electron chi connectivity index (χ2n) is 6.36. The lowest BCUT2D eigenvalue weighted by molar-refractivity contribution is 0.0936. The van der Waals surface area contributed by atoms with Gasteiger partial charge in [0.1, 0.15) is 5.82 Å². The van der Waals surface area contributed by atoms with Gasteiger partial charge in [-0.15, -0.1) is 0 Å². The van der Waals surface area contributed by atoms with Crippen molar-refractivity contribution in [1.29, 1.82) is 0 Å². The first kappa shape index (κ1) is 18.7. The van der Waals surface area contributed by atoms with Gasteiger partial charge in [0.2, 0.25) is 0 Å². The maximum absolute atomic E-state index is 13.2. The fraction of sp³-hybridized carbons (Fsp3) is 0.278. The van der Waals surface area contributed by atoms with Crippen LogP contribution in [-0.4, -0.2) is 20.4 Å². The van der Waals surface area contributed by atoms with Gasteiger partial charge in [0.05, 0.1) is 9.92 Å². The van der Waals surface area contributed by atoms with Crippen LogP contribution in [0.15, 0.2) is 47.4 Å². The van der Waals surface area contributed by atoms with Crippen molar-refractivity contribution in [2.24, 2.45) is 5.92 Å². The van der Waals surface area contributed by atoms with E-state index in [4.69, 9.17) is 11.6 Å². The van der Waals surface area contributed by atoms with Gasteiger partial charge in [-0.25, -0.2) is 12.8 Å². The highest BCUT2D eigenvalue weighted by Gasteiger charge is 2.29. The summed E-state index contributed by atoms with van der Waals surface area (Å²) in [5.74, 6) is -0.335. The van der Waals surface area contributed by atoms with Gasteiger partial charge in [-0.1, -0.05) is 11.6 Å². The Morgan fingerprint density at radius 1 is 1.19 bits per heavy atom. The van der Waals surface area contributed by atoms with E-state index in [0.29, 0.717) is 11.5 Å². The van der Waals surface area contributed by atoms with Gasteiger partial charge in [-0.3, -0.25) is 9.52 Å².